The van der Waals surface area contributed by atoms with Gasteiger partial charge in [-0.05, 0) is 101 Å². The SMILES string of the molecule is N#CC1=CC2C(C=C1)c1ccccc1N2c1ccc(C#N)cc1-c1cccc(-c2ccc(-n3c4ccccc4c4cc(C#N)ccc43)cc2)c1. The summed E-state index contributed by atoms with van der Waals surface area (Å²) in [7, 11) is 0. The van der Waals surface area contributed by atoms with E-state index < -0.39 is 0 Å². The number of hydrogen-bond acceptors (Lipinski definition) is 4. The van der Waals surface area contributed by atoms with Gasteiger partial charge in [0, 0.05) is 44.9 Å². The number of hydrogen-bond donors (Lipinski definition) is 0. The number of nitriles is 3. The molecule has 2 unspecified atom stereocenters. The van der Waals surface area contributed by atoms with Crippen LogP contribution in [0.15, 0.2) is 157 Å². The number of allylic oxidation sites excluding steroid dienone is 2. The van der Waals surface area contributed by atoms with Crippen LogP contribution in [-0.2, 0) is 0 Å². The van der Waals surface area contributed by atoms with E-state index in [1.165, 1.54) is 5.56 Å². The third-order valence-corrected chi connectivity index (χ3v) is 10.0. The van der Waals surface area contributed by atoms with Crippen molar-refractivity contribution in [3.8, 4) is 46.1 Å². The van der Waals surface area contributed by atoms with Crippen molar-refractivity contribution in [2.24, 2.45) is 0 Å². The van der Waals surface area contributed by atoms with E-state index in [0.717, 1.165) is 61.1 Å². The van der Waals surface area contributed by atoms with Crippen LogP contribution in [0.5, 0.6) is 0 Å². The summed E-state index contributed by atoms with van der Waals surface area (Å²) in [5.41, 5.74) is 12.5. The minimum absolute atomic E-state index is 0.0539. The van der Waals surface area contributed by atoms with Gasteiger partial charge < -0.3 is 9.47 Å². The van der Waals surface area contributed by atoms with Gasteiger partial charge in [0.15, 0.2) is 0 Å². The Bertz CT molecular complexity index is 2710. The lowest BCUT2D eigenvalue weighted by Crippen LogP contribution is -2.29. The number of benzene rings is 6. The third kappa shape index (κ3) is 4.52. The van der Waals surface area contributed by atoms with Crippen molar-refractivity contribution in [3.05, 3.63) is 174 Å². The summed E-state index contributed by atoms with van der Waals surface area (Å²) < 4.78 is 2.25. The van der Waals surface area contributed by atoms with Crippen LogP contribution >= 0.6 is 0 Å². The highest BCUT2D eigenvalue weighted by Crippen LogP contribution is 2.50. The second-order valence-electron chi connectivity index (χ2n) is 12.7. The molecule has 9 rings (SSSR count). The normalized spacial score (nSPS) is 15.9. The Morgan fingerprint density at radius 2 is 1.28 bits per heavy atom. The van der Waals surface area contributed by atoms with Crippen LogP contribution in [0.25, 0.3) is 49.7 Å². The van der Waals surface area contributed by atoms with E-state index in [0.29, 0.717) is 16.7 Å². The van der Waals surface area contributed by atoms with Crippen LogP contribution in [0.3, 0.4) is 0 Å². The summed E-state index contributed by atoms with van der Waals surface area (Å²) in [6.45, 7) is 0. The fourth-order valence-electron chi connectivity index (χ4n) is 7.74. The number of nitrogens with zero attached hydrogens (tertiary/aromatic N) is 5. The highest BCUT2D eigenvalue weighted by molar-refractivity contribution is 6.09. The van der Waals surface area contributed by atoms with Gasteiger partial charge in [-0.15, -0.1) is 0 Å². The second kappa shape index (κ2) is 11.5. The lowest BCUT2D eigenvalue weighted by atomic mass is 9.89. The first kappa shape index (κ1) is 29.0. The molecule has 0 radical (unpaired) electrons. The molecule has 2 aliphatic rings. The first-order valence-electron chi connectivity index (χ1n) is 16.5. The first-order chi connectivity index (χ1) is 24.6. The number of aromatic nitrogens is 1. The summed E-state index contributed by atoms with van der Waals surface area (Å²) in [4.78, 5) is 2.32. The first-order valence-corrected chi connectivity index (χ1v) is 16.5. The van der Waals surface area contributed by atoms with E-state index in [-0.39, 0.29) is 12.0 Å². The van der Waals surface area contributed by atoms with Gasteiger partial charge in [-0.3, -0.25) is 0 Å². The van der Waals surface area contributed by atoms with Crippen molar-refractivity contribution in [1.29, 1.82) is 15.8 Å². The zero-order valence-corrected chi connectivity index (χ0v) is 26.8. The van der Waals surface area contributed by atoms with E-state index in [1.807, 2.05) is 54.6 Å². The monoisotopic (exact) mass is 637 g/mol. The maximum absolute atomic E-state index is 9.94. The van der Waals surface area contributed by atoms with Crippen molar-refractivity contribution < 1.29 is 0 Å². The Kier molecular flexibility index (Phi) is 6.70. The molecule has 0 amide bonds. The van der Waals surface area contributed by atoms with Crippen LogP contribution in [0.4, 0.5) is 11.4 Å². The molecular weight excluding hydrogens is 611 g/mol. The molecule has 1 aliphatic carbocycles. The summed E-state index contributed by atoms with van der Waals surface area (Å²) >= 11 is 0. The quantitative estimate of drug-likeness (QED) is 0.192. The second-order valence-corrected chi connectivity index (χ2v) is 12.7. The van der Waals surface area contributed by atoms with Crippen molar-refractivity contribution >= 4 is 33.2 Å². The van der Waals surface area contributed by atoms with Crippen LogP contribution in [-0.4, -0.2) is 10.6 Å². The maximum Gasteiger partial charge on any atom is 0.0991 e. The van der Waals surface area contributed by atoms with E-state index in [2.05, 4.69) is 125 Å². The molecule has 1 aliphatic heterocycles. The van der Waals surface area contributed by atoms with E-state index in [4.69, 9.17) is 0 Å². The average molecular weight is 638 g/mol. The molecule has 0 fully saturated rings. The molecule has 0 bridgehead atoms. The Labute approximate surface area is 289 Å². The standard InChI is InChI=1S/C45H27N5/c46-26-29-13-20-43(50-42-11-4-1-8-36(42)38-19-12-31(28-48)24-45(38)50)39(22-29)34-7-5-6-33(25-34)32-15-17-35(18-16-32)49-41-10-3-2-9-37(41)40-23-30(27-47)14-21-44(40)49/h1-25,38,45H. The van der Waals surface area contributed by atoms with Crippen LogP contribution < -0.4 is 4.90 Å². The molecule has 232 valence electrons. The molecule has 7 aromatic rings. The zero-order chi connectivity index (χ0) is 33.8. The van der Waals surface area contributed by atoms with Crippen molar-refractivity contribution in [2.45, 2.75) is 12.0 Å². The van der Waals surface area contributed by atoms with Gasteiger partial charge in [-0.1, -0.05) is 72.8 Å². The van der Waals surface area contributed by atoms with Gasteiger partial charge >= 0.3 is 0 Å². The number of anilines is 2. The molecule has 50 heavy (non-hydrogen) atoms. The zero-order valence-electron chi connectivity index (χ0n) is 26.8. The van der Waals surface area contributed by atoms with Crippen molar-refractivity contribution in [3.63, 3.8) is 0 Å². The molecule has 6 aromatic carbocycles. The minimum Gasteiger partial charge on any atom is -0.333 e. The molecular formula is C45H27N5. The van der Waals surface area contributed by atoms with Gasteiger partial charge in [0.1, 0.15) is 0 Å². The van der Waals surface area contributed by atoms with Crippen LogP contribution in [0, 0.1) is 34.0 Å². The van der Waals surface area contributed by atoms with Gasteiger partial charge in [-0.2, -0.15) is 15.8 Å². The topological polar surface area (TPSA) is 79.5 Å². The predicted octanol–water partition coefficient (Wildman–Crippen LogP) is 10.5. The average Bonchev–Trinajstić information content (AvgIpc) is 3.69. The smallest absolute Gasteiger partial charge is 0.0991 e. The molecule has 5 heteroatoms. The van der Waals surface area contributed by atoms with Gasteiger partial charge in [-0.25, -0.2) is 0 Å². The minimum atomic E-state index is -0.0539. The maximum atomic E-state index is 9.94. The van der Waals surface area contributed by atoms with E-state index in [9.17, 15) is 15.8 Å². The molecule has 2 atom stereocenters. The molecule has 0 N–H and O–H groups in total. The number of rotatable bonds is 4. The number of fused-ring (bicyclic) bond motifs is 6. The van der Waals surface area contributed by atoms with Crippen LogP contribution in [0.2, 0.25) is 0 Å². The molecule has 0 spiro atoms. The molecule has 5 nitrogen and oxygen atoms in total. The third-order valence-electron chi connectivity index (χ3n) is 10.0. The Hall–Kier alpha value is -7.13. The predicted molar refractivity (Wildman–Crippen MR) is 199 cm³/mol. The van der Waals surface area contributed by atoms with Crippen molar-refractivity contribution in [2.75, 3.05) is 4.90 Å². The molecule has 1 aromatic heterocycles. The fraction of sp³-hybridized carbons (Fsp3) is 0.0444. The summed E-state index contributed by atoms with van der Waals surface area (Å²) in [6.07, 6.45) is 6.12. The lowest BCUT2D eigenvalue weighted by molar-refractivity contribution is 0.741. The summed E-state index contributed by atoms with van der Waals surface area (Å²) in [5.74, 6) is 0.125. The summed E-state index contributed by atoms with van der Waals surface area (Å²) in [5, 5.41) is 31.4. The summed E-state index contributed by atoms with van der Waals surface area (Å²) in [6, 6.07) is 52.4. The van der Waals surface area contributed by atoms with Crippen LogP contribution in [0.1, 0.15) is 22.6 Å². The number of para-hydroxylation sites is 2. The van der Waals surface area contributed by atoms with Gasteiger partial charge in [0.25, 0.3) is 0 Å². The molecule has 2 heterocycles. The Balaban J connectivity index is 1.13. The van der Waals surface area contributed by atoms with E-state index >= 15 is 0 Å². The Morgan fingerprint density at radius 3 is 2.12 bits per heavy atom. The van der Waals surface area contributed by atoms with Crippen molar-refractivity contribution in [1.82, 2.24) is 4.57 Å². The largest absolute Gasteiger partial charge is 0.333 e. The lowest BCUT2D eigenvalue weighted by Gasteiger charge is -2.31. The molecule has 0 saturated carbocycles. The van der Waals surface area contributed by atoms with E-state index in [1.54, 1.807) is 0 Å². The highest BCUT2D eigenvalue weighted by atomic mass is 15.2. The fourth-order valence-corrected chi connectivity index (χ4v) is 7.74. The van der Waals surface area contributed by atoms with Gasteiger partial charge in [0.2, 0.25) is 0 Å². The highest BCUT2D eigenvalue weighted by Gasteiger charge is 2.39. The van der Waals surface area contributed by atoms with Gasteiger partial charge in [0.05, 0.1) is 46.4 Å². The molecule has 0 saturated heterocycles. The Morgan fingerprint density at radius 1 is 0.540 bits per heavy atom.